The topological polar surface area (TPSA) is 85.1 Å². The highest BCUT2D eigenvalue weighted by Crippen LogP contribution is 2.21. The fourth-order valence-corrected chi connectivity index (χ4v) is 2.10. The SMILES string of the molecule is CCC(C(=O)Nc1ccc(C(N)=O)nc1)c1ccccc1. The number of aromatic nitrogens is 1. The van der Waals surface area contributed by atoms with Crippen LogP contribution in [0.25, 0.3) is 0 Å². The Morgan fingerprint density at radius 3 is 2.43 bits per heavy atom. The van der Waals surface area contributed by atoms with Crippen molar-refractivity contribution in [1.29, 1.82) is 0 Å². The van der Waals surface area contributed by atoms with Crippen molar-refractivity contribution in [3.05, 3.63) is 59.9 Å². The van der Waals surface area contributed by atoms with Crippen LogP contribution < -0.4 is 11.1 Å². The molecule has 0 aliphatic carbocycles. The predicted molar refractivity (Wildman–Crippen MR) is 80.9 cm³/mol. The monoisotopic (exact) mass is 283 g/mol. The Balaban J connectivity index is 2.11. The zero-order valence-electron chi connectivity index (χ0n) is 11.7. The number of benzene rings is 1. The molecule has 1 unspecified atom stereocenters. The smallest absolute Gasteiger partial charge is 0.267 e. The van der Waals surface area contributed by atoms with Crippen molar-refractivity contribution in [2.45, 2.75) is 19.3 Å². The molecule has 0 saturated heterocycles. The van der Waals surface area contributed by atoms with E-state index in [0.717, 1.165) is 5.56 Å². The zero-order valence-corrected chi connectivity index (χ0v) is 11.7. The summed E-state index contributed by atoms with van der Waals surface area (Å²) in [5, 5.41) is 2.80. The summed E-state index contributed by atoms with van der Waals surface area (Å²) < 4.78 is 0. The Kier molecular flexibility index (Phi) is 4.66. The lowest BCUT2D eigenvalue weighted by atomic mass is 9.95. The van der Waals surface area contributed by atoms with Gasteiger partial charge >= 0.3 is 0 Å². The fourth-order valence-electron chi connectivity index (χ4n) is 2.10. The van der Waals surface area contributed by atoms with E-state index >= 15 is 0 Å². The Bertz CT molecular complexity index is 624. The minimum Gasteiger partial charge on any atom is -0.364 e. The van der Waals surface area contributed by atoms with Gasteiger partial charge in [-0.3, -0.25) is 9.59 Å². The third-order valence-corrected chi connectivity index (χ3v) is 3.21. The molecule has 21 heavy (non-hydrogen) atoms. The Morgan fingerprint density at radius 2 is 1.90 bits per heavy atom. The first-order valence-electron chi connectivity index (χ1n) is 6.73. The van der Waals surface area contributed by atoms with Crippen molar-refractivity contribution < 1.29 is 9.59 Å². The molecule has 2 rings (SSSR count). The molecule has 5 nitrogen and oxygen atoms in total. The van der Waals surface area contributed by atoms with Crippen molar-refractivity contribution in [2.75, 3.05) is 5.32 Å². The number of carbonyl (C=O) groups is 2. The van der Waals surface area contributed by atoms with E-state index in [-0.39, 0.29) is 17.5 Å². The van der Waals surface area contributed by atoms with Crippen LogP contribution in [0.2, 0.25) is 0 Å². The molecule has 0 aliphatic rings. The van der Waals surface area contributed by atoms with Crippen LogP contribution in [0.5, 0.6) is 0 Å². The number of rotatable bonds is 5. The van der Waals surface area contributed by atoms with E-state index in [2.05, 4.69) is 10.3 Å². The Labute approximate surface area is 123 Å². The Morgan fingerprint density at radius 1 is 1.19 bits per heavy atom. The van der Waals surface area contributed by atoms with E-state index in [1.807, 2.05) is 37.3 Å². The summed E-state index contributed by atoms with van der Waals surface area (Å²) in [6.07, 6.45) is 2.12. The van der Waals surface area contributed by atoms with Crippen LogP contribution in [0.3, 0.4) is 0 Å². The quantitative estimate of drug-likeness (QED) is 0.883. The maximum atomic E-state index is 12.3. The molecule has 5 heteroatoms. The summed E-state index contributed by atoms with van der Waals surface area (Å²) in [5.41, 5.74) is 6.80. The molecule has 0 bridgehead atoms. The van der Waals surface area contributed by atoms with Crippen molar-refractivity contribution in [3.63, 3.8) is 0 Å². The second-order valence-electron chi connectivity index (χ2n) is 4.66. The Hall–Kier alpha value is -2.69. The largest absolute Gasteiger partial charge is 0.364 e. The molecule has 0 radical (unpaired) electrons. The van der Waals surface area contributed by atoms with E-state index in [1.165, 1.54) is 12.3 Å². The number of pyridine rings is 1. The summed E-state index contributed by atoms with van der Waals surface area (Å²) >= 11 is 0. The van der Waals surface area contributed by atoms with Crippen LogP contribution in [0.1, 0.15) is 35.3 Å². The van der Waals surface area contributed by atoms with Gasteiger partial charge in [-0.15, -0.1) is 0 Å². The standard InChI is InChI=1S/C16H17N3O2/c1-2-13(11-6-4-3-5-7-11)16(21)19-12-8-9-14(15(17)20)18-10-12/h3-10,13H,2H2,1H3,(H2,17,20)(H,19,21). The van der Waals surface area contributed by atoms with E-state index in [0.29, 0.717) is 12.1 Å². The highest BCUT2D eigenvalue weighted by molar-refractivity contribution is 5.96. The van der Waals surface area contributed by atoms with Gasteiger partial charge in [0.25, 0.3) is 5.91 Å². The van der Waals surface area contributed by atoms with Gasteiger partial charge in [-0.1, -0.05) is 37.3 Å². The first-order valence-corrected chi connectivity index (χ1v) is 6.73. The summed E-state index contributed by atoms with van der Waals surface area (Å²) in [6, 6.07) is 12.7. The molecular weight excluding hydrogens is 266 g/mol. The van der Waals surface area contributed by atoms with Crippen LogP contribution in [0.15, 0.2) is 48.7 Å². The van der Waals surface area contributed by atoms with Gasteiger partial charge < -0.3 is 11.1 Å². The number of primary amides is 1. The lowest BCUT2D eigenvalue weighted by Gasteiger charge is -2.15. The van der Waals surface area contributed by atoms with Gasteiger partial charge in [0.15, 0.2) is 0 Å². The highest BCUT2D eigenvalue weighted by atomic mass is 16.2. The molecule has 108 valence electrons. The van der Waals surface area contributed by atoms with E-state index in [4.69, 9.17) is 5.73 Å². The molecule has 0 spiro atoms. The maximum absolute atomic E-state index is 12.3. The lowest BCUT2D eigenvalue weighted by Crippen LogP contribution is -2.21. The van der Waals surface area contributed by atoms with Gasteiger partial charge in [0.2, 0.25) is 5.91 Å². The second-order valence-corrected chi connectivity index (χ2v) is 4.66. The number of amides is 2. The van der Waals surface area contributed by atoms with Crippen LogP contribution in [-0.4, -0.2) is 16.8 Å². The highest BCUT2D eigenvalue weighted by Gasteiger charge is 2.18. The average molecular weight is 283 g/mol. The third-order valence-electron chi connectivity index (χ3n) is 3.21. The molecule has 1 aromatic carbocycles. The summed E-state index contributed by atoms with van der Waals surface area (Å²) in [5.74, 6) is -0.914. The molecule has 1 aromatic heterocycles. The number of hydrogen-bond acceptors (Lipinski definition) is 3. The second kappa shape index (κ2) is 6.65. The predicted octanol–water partition coefficient (Wildman–Crippen LogP) is 2.31. The number of anilines is 1. The maximum Gasteiger partial charge on any atom is 0.267 e. The fraction of sp³-hybridized carbons (Fsp3) is 0.188. The minimum absolute atomic E-state index is 0.0997. The molecule has 0 aliphatic heterocycles. The average Bonchev–Trinajstić information content (AvgIpc) is 2.49. The van der Waals surface area contributed by atoms with Crippen LogP contribution in [0, 0.1) is 0 Å². The van der Waals surface area contributed by atoms with Crippen LogP contribution >= 0.6 is 0 Å². The van der Waals surface area contributed by atoms with Crippen molar-refractivity contribution in [3.8, 4) is 0 Å². The van der Waals surface area contributed by atoms with E-state index in [9.17, 15) is 9.59 Å². The summed E-state index contributed by atoms with van der Waals surface area (Å²) in [6.45, 7) is 1.96. The summed E-state index contributed by atoms with van der Waals surface area (Å²) in [7, 11) is 0. The number of nitrogens with one attached hydrogen (secondary N) is 1. The van der Waals surface area contributed by atoms with Gasteiger partial charge in [0.05, 0.1) is 17.8 Å². The van der Waals surface area contributed by atoms with E-state index in [1.54, 1.807) is 6.07 Å². The molecule has 0 saturated carbocycles. The van der Waals surface area contributed by atoms with Crippen molar-refractivity contribution in [1.82, 2.24) is 4.98 Å². The zero-order chi connectivity index (χ0) is 15.2. The van der Waals surface area contributed by atoms with Crippen LogP contribution in [0.4, 0.5) is 5.69 Å². The van der Waals surface area contributed by atoms with Gasteiger partial charge in [0.1, 0.15) is 5.69 Å². The normalized spacial score (nSPS) is 11.7. The molecule has 0 fully saturated rings. The van der Waals surface area contributed by atoms with Gasteiger partial charge in [0, 0.05) is 0 Å². The minimum atomic E-state index is -0.594. The van der Waals surface area contributed by atoms with Crippen molar-refractivity contribution >= 4 is 17.5 Å². The molecule has 2 aromatic rings. The molecule has 2 amide bonds. The molecule has 3 N–H and O–H groups in total. The molecule has 1 atom stereocenters. The molecular formula is C16H17N3O2. The molecule has 1 heterocycles. The third kappa shape index (κ3) is 3.66. The first kappa shape index (κ1) is 14.7. The number of nitrogens with zero attached hydrogens (tertiary/aromatic N) is 1. The van der Waals surface area contributed by atoms with Gasteiger partial charge in [-0.2, -0.15) is 0 Å². The number of carbonyl (C=O) groups excluding carboxylic acids is 2. The van der Waals surface area contributed by atoms with Gasteiger partial charge in [-0.25, -0.2) is 4.98 Å². The van der Waals surface area contributed by atoms with E-state index < -0.39 is 5.91 Å². The first-order chi connectivity index (χ1) is 10.1. The number of hydrogen-bond donors (Lipinski definition) is 2. The summed E-state index contributed by atoms with van der Waals surface area (Å²) in [4.78, 5) is 27.2. The van der Waals surface area contributed by atoms with Crippen LogP contribution in [-0.2, 0) is 4.79 Å². The van der Waals surface area contributed by atoms with Crippen molar-refractivity contribution in [2.24, 2.45) is 5.73 Å². The van der Waals surface area contributed by atoms with Gasteiger partial charge in [-0.05, 0) is 24.1 Å². The number of nitrogens with two attached hydrogens (primary N) is 1. The lowest BCUT2D eigenvalue weighted by molar-refractivity contribution is -0.117.